The number of hydrogen-bond acceptors (Lipinski definition) is 4. The molecule has 33 heavy (non-hydrogen) atoms. The van der Waals surface area contributed by atoms with Crippen LogP contribution >= 0.6 is 0 Å². The summed E-state index contributed by atoms with van der Waals surface area (Å²) in [5, 5.41) is 4.73. The van der Waals surface area contributed by atoms with Gasteiger partial charge in [0.2, 0.25) is 0 Å². The summed E-state index contributed by atoms with van der Waals surface area (Å²) in [7, 11) is 0. The minimum absolute atomic E-state index is 0.0551. The van der Waals surface area contributed by atoms with Crippen molar-refractivity contribution in [2.24, 2.45) is 0 Å². The third-order valence-electron chi connectivity index (χ3n) is 5.87. The highest BCUT2D eigenvalue weighted by atomic mass is 19.1. The molecule has 4 aromatic rings. The van der Waals surface area contributed by atoms with Crippen molar-refractivity contribution >= 4 is 11.7 Å². The van der Waals surface area contributed by atoms with Crippen molar-refractivity contribution in [3.63, 3.8) is 0 Å². The third kappa shape index (κ3) is 4.35. The van der Waals surface area contributed by atoms with Gasteiger partial charge < -0.3 is 9.80 Å². The fraction of sp³-hybridized carbons (Fsp3) is 0.192. The van der Waals surface area contributed by atoms with Crippen molar-refractivity contribution in [2.45, 2.75) is 6.92 Å². The molecule has 1 saturated heterocycles. The molecule has 1 fully saturated rings. The second-order valence-corrected chi connectivity index (χ2v) is 8.15. The number of piperazine rings is 1. The van der Waals surface area contributed by atoms with E-state index in [2.05, 4.69) is 9.88 Å². The van der Waals surface area contributed by atoms with E-state index in [9.17, 15) is 9.18 Å². The number of nitrogens with zero attached hydrogens (tertiary/aromatic N) is 5. The van der Waals surface area contributed by atoms with Gasteiger partial charge in [-0.05, 0) is 49.4 Å². The number of carbonyl (C=O) groups is 1. The highest BCUT2D eigenvalue weighted by Crippen LogP contribution is 2.26. The number of halogens is 1. The number of pyridine rings is 1. The van der Waals surface area contributed by atoms with Crippen LogP contribution in [0.1, 0.15) is 15.9 Å². The summed E-state index contributed by atoms with van der Waals surface area (Å²) in [4.78, 5) is 22.1. The van der Waals surface area contributed by atoms with Crippen molar-refractivity contribution < 1.29 is 9.18 Å². The molecule has 5 rings (SSSR count). The van der Waals surface area contributed by atoms with Crippen LogP contribution in [0.15, 0.2) is 79.1 Å². The van der Waals surface area contributed by atoms with Gasteiger partial charge in [-0.3, -0.25) is 4.79 Å². The van der Waals surface area contributed by atoms with E-state index < -0.39 is 0 Å². The molecule has 2 aromatic carbocycles. The van der Waals surface area contributed by atoms with Gasteiger partial charge in [0.15, 0.2) is 0 Å². The van der Waals surface area contributed by atoms with Gasteiger partial charge >= 0.3 is 0 Å². The number of aromatic nitrogens is 3. The number of rotatable bonds is 4. The summed E-state index contributed by atoms with van der Waals surface area (Å²) in [5.41, 5.74) is 3.83. The van der Waals surface area contributed by atoms with Gasteiger partial charge in [-0.15, -0.1) is 0 Å². The molecule has 0 aliphatic carbocycles. The first-order valence-electron chi connectivity index (χ1n) is 11.0. The third-order valence-corrected chi connectivity index (χ3v) is 5.87. The zero-order chi connectivity index (χ0) is 22.8. The zero-order valence-corrected chi connectivity index (χ0v) is 18.4. The molecule has 166 valence electrons. The van der Waals surface area contributed by atoms with Gasteiger partial charge in [-0.2, -0.15) is 5.10 Å². The number of benzene rings is 2. The summed E-state index contributed by atoms with van der Waals surface area (Å²) >= 11 is 0. The molecule has 2 aromatic heterocycles. The number of aryl methyl sites for hydroxylation is 1. The minimum Gasteiger partial charge on any atom is -0.353 e. The summed E-state index contributed by atoms with van der Waals surface area (Å²) < 4.78 is 15.1. The van der Waals surface area contributed by atoms with Crippen molar-refractivity contribution in [3.8, 4) is 16.9 Å². The van der Waals surface area contributed by atoms with Crippen LogP contribution < -0.4 is 4.90 Å². The second-order valence-electron chi connectivity index (χ2n) is 8.15. The van der Waals surface area contributed by atoms with E-state index in [-0.39, 0.29) is 11.7 Å². The van der Waals surface area contributed by atoms with Gasteiger partial charge in [0.25, 0.3) is 5.91 Å². The molecular weight excluding hydrogens is 417 g/mol. The van der Waals surface area contributed by atoms with Crippen molar-refractivity contribution in [1.29, 1.82) is 0 Å². The van der Waals surface area contributed by atoms with E-state index in [4.69, 9.17) is 5.10 Å². The Bertz CT molecular complexity index is 1260. The Morgan fingerprint density at radius 3 is 2.42 bits per heavy atom. The Hall–Kier alpha value is -4.00. The lowest BCUT2D eigenvalue weighted by molar-refractivity contribution is 0.0747. The minimum atomic E-state index is -0.313. The maximum absolute atomic E-state index is 13.6. The number of carbonyl (C=O) groups excluding carboxylic acids is 1. The van der Waals surface area contributed by atoms with Crippen LogP contribution in [0.3, 0.4) is 0 Å². The number of amides is 1. The van der Waals surface area contributed by atoms with Crippen LogP contribution in [0, 0.1) is 12.7 Å². The summed E-state index contributed by atoms with van der Waals surface area (Å²) in [6.07, 6.45) is 3.53. The fourth-order valence-corrected chi connectivity index (χ4v) is 4.11. The van der Waals surface area contributed by atoms with Gasteiger partial charge in [0.1, 0.15) is 17.3 Å². The van der Waals surface area contributed by atoms with Crippen LogP contribution in [-0.2, 0) is 0 Å². The molecule has 0 saturated carbocycles. The topological polar surface area (TPSA) is 54.3 Å². The molecule has 3 heterocycles. The zero-order valence-electron chi connectivity index (χ0n) is 18.4. The first-order chi connectivity index (χ1) is 16.1. The Balaban J connectivity index is 1.45. The van der Waals surface area contributed by atoms with Gasteiger partial charge in [0.05, 0.1) is 11.3 Å². The molecule has 1 amide bonds. The van der Waals surface area contributed by atoms with Crippen LogP contribution in [0.2, 0.25) is 0 Å². The average molecular weight is 442 g/mol. The SMILES string of the molecule is Cc1cccc(-c2nn(-c3ccc(F)cc3)cc2C(=O)N2CCN(c3ccccn3)CC2)c1. The molecule has 0 radical (unpaired) electrons. The monoisotopic (exact) mass is 441 g/mol. The van der Waals surface area contributed by atoms with E-state index in [0.29, 0.717) is 43.1 Å². The Labute approximate surface area is 191 Å². The highest BCUT2D eigenvalue weighted by Gasteiger charge is 2.27. The average Bonchev–Trinajstić information content (AvgIpc) is 3.30. The van der Waals surface area contributed by atoms with Gasteiger partial charge in [0, 0.05) is 44.1 Å². The standard InChI is InChI=1S/C26H24FN5O/c1-19-5-4-6-20(17-19)25-23(18-32(29-25)22-10-8-21(27)9-11-22)26(33)31-15-13-30(14-16-31)24-7-2-3-12-28-24/h2-12,17-18H,13-16H2,1H3. The van der Waals surface area contributed by atoms with Crippen molar-refractivity contribution in [3.05, 3.63) is 96.1 Å². The molecular formula is C26H24FN5O. The van der Waals surface area contributed by atoms with Gasteiger partial charge in [-0.1, -0.05) is 29.8 Å². The van der Waals surface area contributed by atoms with E-state index in [1.807, 2.05) is 54.3 Å². The van der Waals surface area contributed by atoms with Crippen molar-refractivity contribution in [2.75, 3.05) is 31.1 Å². The van der Waals surface area contributed by atoms with Crippen LogP contribution in [0.25, 0.3) is 16.9 Å². The molecule has 7 heteroatoms. The lowest BCUT2D eigenvalue weighted by atomic mass is 10.0. The molecule has 0 unspecified atom stereocenters. The predicted molar refractivity (Wildman–Crippen MR) is 126 cm³/mol. The van der Waals surface area contributed by atoms with E-state index in [1.165, 1.54) is 12.1 Å². The number of anilines is 1. The van der Waals surface area contributed by atoms with Crippen LogP contribution in [-0.4, -0.2) is 51.8 Å². The smallest absolute Gasteiger partial charge is 0.257 e. The second kappa shape index (κ2) is 8.86. The fourth-order valence-electron chi connectivity index (χ4n) is 4.11. The first kappa shape index (κ1) is 20.9. The molecule has 0 atom stereocenters. The molecule has 1 aliphatic rings. The lowest BCUT2D eigenvalue weighted by Crippen LogP contribution is -2.49. The van der Waals surface area contributed by atoms with Gasteiger partial charge in [-0.25, -0.2) is 14.1 Å². The predicted octanol–water partition coefficient (Wildman–Crippen LogP) is 4.34. The van der Waals surface area contributed by atoms with Crippen molar-refractivity contribution in [1.82, 2.24) is 19.7 Å². The largest absolute Gasteiger partial charge is 0.353 e. The number of hydrogen-bond donors (Lipinski definition) is 0. The maximum atomic E-state index is 13.6. The van der Waals surface area contributed by atoms with E-state index in [1.54, 1.807) is 29.2 Å². The lowest BCUT2D eigenvalue weighted by Gasteiger charge is -2.35. The summed E-state index contributed by atoms with van der Waals surface area (Å²) in [6, 6.07) is 19.9. The summed E-state index contributed by atoms with van der Waals surface area (Å²) in [6.45, 7) is 4.65. The molecule has 0 bridgehead atoms. The Morgan fingerprint density at radius 2 is 1.73 bits per heavy atom. The first-order valence-corrected chi connectivity index (χ1v) is 11.0. The normalized spacial score (nSPS) is 13.9. The Morgan fingerprint density at radius 1 is 0.939 bits per heavy atom. The van der Waals surface area contributed by atoms with Crippen LogP contribution in [0.5, 0.6) is 0 Å². The molecule has 1 aliphatic heterocycles. The molecule has 0 spiro atoms. The Kier molecular flexibility index (Phi) is 5.60. The van der Waals surface area contributed by atoms with E-state index in [0.717, 1.165) is 16.9 Å². The van der Waals surface area contributed by atoms with E-state index >= 15 is 0 Å². The summed E-state index contributed by atoms with van der Waals surface area (Å²) in [5.74, 6) is 0.557. The molecule has 0 N–H and O–H groups in total. The van der Waals surface area contributed by atoms with Crippen LogP contribution in [0.4, 0.5) is 10.2 Å². The highest BCUT2D eigenvalue weighted by molar-refractivity contribution is 6.00. The quantitative estimate of drug-likeness (QED) is 0.473. The maximum Gasteiger partial charge on any atom is 0.257 e. The molecule has 6 nitrogen and oxygen atoms in total.